The van der Waals surface area contributed by atoms with Crippen LogP contribution >= 0.6 is 0 Å². The highest BCUT2D eigenvalue weighted by Gasteiger charge is 2.11. The maximum atomic E-state index is 11.7. The fraction of sp³-hybridized carbons (Fsp3) is 0.462. The minimum atomic E-state index is 0.0797. The van der Waals surface area contributed by atoms with E-state index in [2.05, 4.69) is 19.2 Å². The van der Waals surface area contributed by atoms with Crippen molar-refractivity contribution in [3.8, 4) is 5.75 Å². The van der Waals surface area contributed by atoms with Crippen LogP contribution in [-0.4, -0.2) is 26.5 Å². The molecule has 0 unspecified atom stereocenters. The molecule has 0 heterocycles. The number of ether oxygens (including phenoxy) is 1. The lowest BCUT2D eigenvalue weighted by Crippen LogP contribution is -2.18. The first-order valence-electron chi connectivity index (χ1n) is 5.46. The second-order valence-electron chi connectivity index (χ2n) is 4.06. The van der Waals surface area contributed by atoms with Gasteiger partial charge in [-0.1, -0.05) is 26.0 Å². The molecule has 0 amide bonds. The van der Waals surface area contributed by atoms with Crippen molar-refractivity contribution in [3.63, 3.8) is 0 Å². The number of hydrogen-bond acceptors (Lipinski definition) is 3. The molecule has 88 valence electrons. The molecule has 0 bridgehead atoms. The number of nitrogens with one attached hydrogen (secondary N) is 1. The van der Waals surface area contributed by atoms with Crippen LogP contribution in [0, 0.1) is 0 Å². The Hall–Kier alpha value is -1.35. The summed E-state index contributed by atoms with van der Waals surface area (Å²) in [6, 6.07) is 5.64. The van der Waals surface area contributed by atoms with Gasteiger partial charge in [0, 0.05) is 5.56 Å². The van der Waals surface area contributed by atoms with Crippen LogP contribution in [0.15, 0.2) is 18.2 Å². The van der Waals surface area contributed by atoms with Crippen LogP contribution in [0.2, 0.25) is 0 Å². The van der Waals surface area contributed by atoms with Gasteiger partial charge in [-0.2, -0.15) is 0 Å². The summed E-state index contributed by atoms with van der Waals surface area (Å²) in [4.78, 5) is 11.7. The van der Waals surface area contributed by atoms with Crippen LogP contribution in [0.3, 0.4) is 0 Å². The van der Waals surface area contributed by atoms with Gasteiger partial charge >= 0.3 is 0 Å². The van der Waals surface area contributed by atoms with E-state index in [0.29, 0.717) is 18.0 Å². The number of ketones is 1. The molecule has 0 aromatic heterocycles. The van der Waals surface area contributed by atoms with Crippen molar-refractivity contribution in [2.75, 3.05) is 20.7 Å². The lowest BCUT2D eigenvalue weighted by molar-refractivity contribution is 0.0993. The molecule has 0 aliphatic carbocycles. The molecule has 3 heteroatoms. The Morgan fingerprint density at radius 2 is 2.12 bits per heavy atom. The van der Waals surface area contributed by atoms with Crippen LogP contribution in [0.4, 0.5) is 0 Å². The second-order valence-corrected chi connectivity index (χ2v) is 4.06. The normalized spacial score (nSPS) is 10.6. The first-order valence-corrected chi connectivity index (χ1v) is 5.46. The zero-order chi connectivity index (χ0) is 12.1. The SMILES string of the molecule is CNCC(=O)c1ccc(C(C)C)c(OC)c1. The van der Waals surface area contributed by atoms with Crippen molar-refractivity contribution < 1.29 is 9.53 Å². The number of Topliss-reactive ketones (excluding diaryl/α,β-unsaturated/α-hetero) is 1. The maximum Gasteiger partial charge on any atom is 0.176 e. The zero-order valence-corrected chi connectivity index (χ0v) is 10.3. The number of methoxy groups -OCH3 is 1. The van der Waals surface area contributed by atoms with Crippen molar-refractivity contribution in [2.24, 2.45) is 0 Å². The van der Waals surface area contributed by atoms with Gasteiger partial charge in [0.1, 0.15) is 5.75 Å². The fourth-order valence-corrected chi connectivity index (χ4v) is 1.62. The molecule has 1 N–H and O–H groups in total. The van der Waals surface area contributed by atoms with E-state index in [4.69, 9.17) is 4.74 Å². The summed E-state index contributed by atoms with van der Waals surface area (Å²) < 4.78 is 5.30. The van der Waals surface area contributed by atoms with Crippen LogP contribution in [0.1, 0.15) is 35.7 Å². The topological polar surface area (TPSA) is 38.3 Å². The van der Waals surface area contributed by atoms with Crippen molar-refractivity contribution >= 4 is 5.78 Å². The average Bonchev–Trinajstić information content (AvgIpc) is 2.28. The molecule has 0 aliphatic heterocycles. The molecule has 0 aliphatic rings. The highest BCUT2D eigenvalue weighted by Crippen LogP contribution is 2.27. The van der Waals surface area contributed by atoms with E-state index in [-0.39, 0.29) is 5.78 Å². The lowest BCUT2D eigenvalue weighted by Gasteiger charge is -2.12. The van der Waals surface area contributed by atoms with Gasteiger partial charge in [0.25, 0.3) is 0 Å². The summed E-state index contributed by atoms with van der Waals surface area (Å²) in [7, 11) is 3.39. The van der Waals surface area contributed by atoms with Crippen LogP contribution in [0.5, 0.6) is 5.75 Å². The first kappa shape index (κ1) is 12.7. The Kier molecular flexibility index (Phi) is 4.50. The highest BCUT2D eigenvalue weighted by atomic mass is 16.5. The molecule has 0 radical (unpaired) electrons. The highest BCUT2D eigenvalue weighted by molar-refractivity contribution is 5.98. The summed E-state index contributed by atoms with van der Waals surface area (Å²) in [6.07, 6.45) is 0. The smallest absolute Gasteiger partial charge is 0.176 e. The first-order chi connectivity index (χ1) is 7.60. The van der Waals surface area contributed by atoms with Crippen LogP contribution < -0.4 is 10.1 Å². The molecule has 0 fully saturated rings. The Morgan fingerprint density at radius 3 is 2.62 bits per heavy atom. The number of likely N-dealkylation sites (N-methyl/N-ethyl adjacent to an activating group) is 1. The van der Waals surface area contributed by atoms with Gasteiger partial charge < -0.3 is 10.1 Å². The van der Waals surface area contributed by atoms with Gasteiger partial charge in [0.2, 0.25) is 0 Å². The van der Waals surface area contributed by atoms with E-state index in [0.717, 1.165) is 11.3 Å². The molecular weight excluding hydrogens is 202 g/mol. The third-order valence-electron chi connectivity index (χ3n) is 2.51. The molecule has 1 aromatic carbocycles. The predicted octanol–water partition coefficient (Wildman–Crippen LogP) is 2.22. The molecule has 1 rings (SSSR count). The van der Waals surface area contributed by atoms with Crippen molar-refractivity contribution in [1.29, 1.82) is 0 Å². The minimum Gasteiger partial charge on any atom is -0.496 e. The van der Waals surface area contributed by atoms with Crippen molar-refractivity contribution in [2.45, 2.75) is 19.8 Å². The maximum absolute atomic E-state index is 11.7. The Bertz CT molecular complexity index is 372. The predicted molar refractivity (Wildman–Crippen MR) is 65.3 cm³/mol. The van der Waals surface area contributed by atoms with Crippen LogP contribution in [0.25, 0.3) is 0 Å². The molecule has 0 saturated heterocycles. The lowest BCUT2D eigenvalue weighted by atomic mass is 9.99. The largest absolute Gasteiger partial charge is 0.496 e. The van der Waals surface area contributed by atoms with E-state index in [1.165, 1.54) is 0 Å². The van der Waals surface area contributed by atoms with E-state index in [9.17, 15) is 4.79 Å². The molecule has 0 saturated carbocycles. The third kappa shape index (κ3) is 2.83. The van der Waals surface area contributed by atoms with Crippen molar-refractivity contribution in [1.82, 2.24) is 5.32 Å². The molecule has 1 aromatic rings. The number of carbonyl (C=O) groups excluding carboxylic acids is 1. The average molecular weight is 221 g/mol. The summed E-state index contributed by atoms with van der Waals surface area (Å²) in [5.41, 5.74) is 1.82. The number of benzene rings is 1. The third-order valence-corrected chi connectivity index (χ3v) is 2.51. The number of hydrogen-bond donors (Lipinski definition) is 1. The van der Waals surface area contributed by atoms with Gasteiger partial charge in [-0.15, -0.1) is 0 Å². The van der Waals surface area contributed by atoms with Gasteiger partial charge in [-0.25, -0.2) is 0 Å². The Balaban J connectivity index is 3.04. The molecule has 0 atom stereocenters. The molecule has 3 nitrogen and oxygen atoms in total. The Labute approximate surface area is 96.8 Å². The molecular formula is C13H19NO2. The number of carbonyl (C=O) groups is 1. The van der Waals surface area contributed by atoms with Crippen molar-refractivity contribution in [3.05, 3.63) is 29.3 Å². The van der Waals surface area contributed by atoms with E-state index < -0.39 is 0 Å². The van der Waals surface area contributed by atoms with Gasteiger partial charge in [-0.05, 0) is 24.6 Å². The molecule has 0 spiro atoms. The quantitative estimate of drug-likeness (QED) is 0.775. The van der Waals surface area contributed by atoms with E-state index in [1.54, 1.807) is 14.2 Å². The monoisotopic (exact) mass is 221 g/mol. The van der Waals surface area contributed by atoms with Crippen LogP contribution in [-0.2, 0) is 0 Å². The van der Waals surface area contributed by atoms with Gasteiger partial charge in [0.05, 0.1) is 13.7 Å². The van der Waals surface area contributed by atoms with E-state index in [1.807, 2.05) is 18.2 Å². The van der Waals surface area contributed by atoms with Gasteiger partial charge in [-0.3, -0.25) is 4.79 Å². The fourth-order valence-electron chi connectivity index (χ4n) is 1.62. The second kappa shape index (κ2) is 5.66. The summed E-state index contributed by atoms with van der Waals surface area (Å²) >= 11 is 0. The standard InChI is InChI=1S/C13H19NO2/c1-9(2)11-6-5-10(7-13(11)16-4)12(15)8-14-3/h5-7,9,14H,8H2,1-4H3. The zero-order valence-electron chi connectivity index (χ0n) is 10.3. The van der Waals surface area contributed by atoms with Gasteiger partial charge in [0.15, 0.2) is 5.78 Å². The summed E-state index contributed by atoms with van der Waals surface area (Å²) in [6.45, 7) is 4.56. The summed E-state index contributed by atoms with van der Waals surface area (Å²) in [5.74, 6) is 1.26. The number of rotatable bonds is 5. The molecule has 16 heavy (non-hydrogen) atoms. The Morgan fingerprint density at radius 1 is 1.44 bits per heavy atom. The summed E-state index contributed by atoms with van der Waals surface area (Å²) in [5, 5.41) is 2.85. The van der Waals surface area contributed by atoms with E-state index >= 15 is 0 Å². The minimum absolute atomic E-state index is 0.0797.